The van der Waals surface area contributed by atoms with Crippen LogP contribution in [0.1, 0.15) is 0 Å². The molecule has 0 radical (unpaired) electrons. The topological polar surface area (TPSA) is 22.2 Å². The molecule has 0 bridgehead atoms. The van der Waals surface area contributed by atoms with Crippen LogP contribution in [0.2, 0.25) is 0 Å². The number of rotatable bonds is 5. The number of benzene rings is 9. The lowest BCUT2D eigenvalue weighted by Crippen LogP contribution is -2.48. The number of hydrogen-bond donors (Lipinski definition) is 0. The zero-order valence-electron chi connectivity index (χ0n) is 33.2. The molecule has 0 saturated heterocycles. The van der Waals surface area contributed by atoms with E-state index < -0.39 is 0 Å². The van der Waals surface area contributed by atoms with E-state index in [-0.39, 0.29) is 6.71 Å². The van der Waals surface area contributed by atoms with E-state index in [9.17, 15) is 0 Å². The van der Waals surface area contributed by atoms with Crippen LogP contribution in [0, 0.1) is 0 Å². The quantitative estimate of drug-likeness (QED) is 0.126. The summed E-state index contributed by atoms with van der Waals surface area (Å²) >= 11 is 0. The van der Waals surface area contributed by atoms with Gasteiger partial charge in [0.2, 0.25) is 6.71 Å². The second-order valence-electron chi connectivity index (χ2n) is 16.3. The van der Waals surface area contributed by atoms with E-state index in [4.69, 9.17) is 4.98 Å². The molecule has 13 rings (SSSR count). The molecule has 1 aliphatic heterocycles. The zero-order chi connectivity index (χ0) is 40.0. The fourth-order valence-electron chi connectivity index (χ4n) is 10.4. The normalized spacial score (nSPS) is 12.2. The summed E-state index contributed by atoms with van der Waals surface area (Å²) in [6.07, 6.45) is 2.16. The largest absolute Gasteiger partial charge is 0.309 e. The Labute approximate surface area is 353 Å². The maximum Gasteiger partial charge on any atom is 0.242 e. The molecule has 0 fully saturated rings. The van der Waals surface area contributed by atoms with Gasteiger partial charge < -0.3 is 4.57 Å². The Morgan fingerprint density at radius 1 is 0.410 bits per heavy atom. The van der Waals surface area contributed by atoms with Gasteiger partial charge in [-0.15, -0.1) is 0 Å². The number of hydrogen-bond acceptors (Lipinski definition) is 1. The Morgan fingerprint density at radius 3 is 1.97 bits per heavy atom. The highest BCUT2D eigenvalue weighted by Crippen LogP contribution is 2.44. The summed E-state index contributed by atoms with van der Waals surface area (Å²) in [7, 11) is 0. The van der Waals surface area contributed by atoms with Crippen molar-refractivity contribution in [3.63, 3.8) is 0 Å². The molecule has 9 aromatic carbocycles. The number of nitrogens with zero attached hydrogens (tertiary/aromatic N) is 3. The Kier molecular flexibility index (Phi) is 7.40. The van der Waals surface area contributed by atoms with Gasteiger partial charge in [-0.05, 0) is 98.4 Å². The summed E-state index contributed by atoms with van der Waals surface area (Å²) in [6, 6.07) is 77.7. The van der Waals surface area contributed by atoms with Gasteiger partial charge in [0.05, 0.1) is 22.4 Å². The molecule has 3 aromatic heterocycles. The van der Waals surface area contributed by atoms with E-state index in [0.717, 1.165) is 28.3 Å². The van der Waals surface area contributed by atoms with Crippen LogP contribution < -0.4 is 16.4 Å². The molecule has 0 N–H and O–H groups in total. The second-order valence-corrected chi connectivity index (χ2v) is 16.3. The van der Waals surface area contributed by atoms with Gasteiger partial charge >= 0.3 is 0 Å². The van der Waals surface area contributed by atoms with E-state index in [1.54, 1.807) is 0 Å². The summed E-state index contributed by atoms with van der Waals surface area (Å²) in [5.74, 6) is 0. The van der Waals surface area contributed by atoms with Crippen LogP contribution in [-0.4, -0.2) is 20.7 Å². The van der Waals surface area contributed by atoms with Gasteiger partial charge in [0, 0.05) is 33.8 Å². The lowest BCUT2D eigenvalue weighted by Gasteiger charge is -2.15. The number of aromatic nitrogens is 3. The SMILES string of the molecule is c1ccc(B2c3ccc(-c4ccc5c(c4)c4ccccc4n5-c4ccccc4)cc3-c3c2cccc3-c2nc3ccccn3c2-c2cc3ccccc3c3ccccc23)cc1. The van der Waals surface area contributed by atoms with Crippen molar-refractivity contribution in [2.75, 3.05) is 0 Å². The maximum absolute atomic E-state index is 5.53. The number of fused-ring (bicyclic) bond motifs is 10. The van der Waals surface area contributed by atoms with Crippen LogP contribution in [0.15, 0.2) is 219 Å². The number of pyridine rings is 1. The zero-order valence-corrected chi connectivity index (χ0v) is 33.2. The van der Waals surface area contributed by atoms with Gasteiger partial charge in [-0.2, -0.15) is 0 Å². The molecule has 12 aromatic rings. The monoisotopic (exact) mass is 773 g/mol. The Bertz CT molecular complexity index is 3710. The van der Waals surface area contributed by atoms with E-state index in [2.05, 4.69) is 227 Å². The minimum Gasteiger partial charge on any atom is -0.309 e. The molecule has 4 heteroatoms. The van der Waals surface area contributed by atoms with Crippen LogP contribution in [0.3, 0.4) is 0 Å². The molecule has 282 valence electrons. The lowest BCUT2D eigenvalue weighted by atomic mass is 9.39. The highest BCUT2D eigenvalue weighted by molar-refractivity contribution is 6.99. The molecule has 0 aliphatic carbocycles. The Balaban J connectivity index is 1.06. The van der Waals surface area contributed by atoms with Crippen molar-refractivity contribution in [3.8, 4) is 50.5 Å². The van der Waals surface area contributed by atoms with E-state index >= 15 is 0 Å². The molecule has 0 unspecified atom stereocenters. The van der Waals surface area contributed by atoms with Gasteiger partial charge in [0.15, 0.2) is 0 Å². The van der Waals surface area contributed by atoms with Crippen LogP contribution in [0.5, 0.6) is 0 Å². The third-order valence-electron chi connectivity index (χ3n) is 13.0. The summed E-state index contributed by atoms with van der Waals surface area (Å²) in [4.78, 5) is 5.53. The summed E-state index contributed by atoms with van der Waals surface area (Å²) in [5, 5.41) is 7.43. The first kappa shape index (κ1) is 34.0. The van der Waals surface area contributed by atoms with Crippen molar-refractivity contribution in [1.82, 2.24) is 14.0 Å². The molecule has 0 amide bonds. The predicted molar refractivity (Wildman–Crippen MR) is 257 cm³/mol. The van der Waals surface area contributed by atoms with Crippen LogP contribution in [-0.2, 0) is 0 Å². The van der Waals surface area contributed by atoms with Gasteiger partial charge in [0.1, 0.15) is 5.65 Å². The standard InChI is InChI=1S/C57H36BN3/c1-3-17-40(18-4-1)58-50-31-29-37(38-30-32-53-47(34-38)45-24-11-12-27-52(45)61(53)41-19-5-2-6-20-41)35-49(50)55-46(25-15-26-51(55)58)56-57(60-33-14-13-28-54(60)59-56)48-36-39-16-7-8-21-42(39)43-22-9-10-23-44(43)48/h1-36H. The summed E-state index contributed by atoms with van der Waals surface area (Å²) < 4.78 is 4.67. The van der Waals surface area contributed by atoms with Crippen molar-refractivity contribution in [2.24, 2.45) is 0 Å². The van der Waals surface area contributed by atoms with Gasteiger partial charge in [-0.3, -0.25) is 4.40 Å². The van der Waals surface area contributed by atoms with Crippen molar-refractivity contribution in [2.45, 2.75) is 0 Å². The lowest BCUT2D eigenvalue weighted by molar-refractivity contribution is 1.18. The minimum atomic E-state index is 0.0912. The highest BCUT2D eigenvalue weighted by Gasteiger charge is 2.36. The third-order valence-corrected chi connectivity index (χ3v) is 13.0. The molecule has 0 spiro atoms. The summed E-state index contributed by atoms with van der Waals surface area (Å²) in [6.45, 7) is 0.0912. The van der Waals surface area contributed by atoms with Crippen molar-refractivity contribution >= 4 is 72.1 Å². The fourth-order valence-corrected chi connectivity index (χ4v) is 10.4. The van der Waals surface area contributed by atoms with Crippen LogP contribution >= 0.6 is 0 Å². The van der Waals surface area contributed by atoms with Crippen molar-refractivity contribution in [1.29, 1.82) is 0 Å². The first-order valence-corrected chi connectivity index (χ1v) is 21.1. The van der Waals surface area contributed by atoms with E-state index in [1.165, 1.54) is 87.6 Å². The molecular weight excluding hydrogens is 737 g/mol. The van der Waals surface area contributed by atoms with Crippen molar-refractivity contribution < 1.29 is 0 Å². The first-order valence-electron chi connectivity index (χ1n) is 21.1. The molecule has 0 atom stereocenters. The Morgan fingerprint density at radius 2 is 1.10 bits per heavy atom. The van der Waals surface area contributed by atoms with E-state index in [0.29, 0.717) is 0 Å². The number of imidazole rings is 1. The van der Waals surface area contributed by atoms with Crippen molar-refractivity contribution in [3.05, 3.63) is 219 Å². The molecule has 1 aliphatic rings. The summed E-state index contributed by atoms with van der Waals surface area (Å²) in [5.41, 5.74) is 17.7. The average molecular weight is 774 g/mol. The second kappa shape index (κ2) is 13.3. The van der Waals surface area contributed by atoms with Crippen LogP contribution in [0.25, 0.3) is 99.5 Å². The van der Waals surface area contributed by atoms with Gasteiger partial charge in [-0.25, -0.2) is 4.98 Å². The molecular formula is C57H36BN3. The van der Waals surface area contributed by atoms with Gasteiger partial charge in [0.25, 0.3) is 0 Å². The number of para-hydroxylation sites is 2. The van der Waals surface area contributed by atoms with Gasteiger partial charge in [-0.1, -0.05) is 174 Å². The first-order chi connectivity index (χ1) is 30.3. The minimum absolute atomic E-state index is 0.0912. The fraction of sp³-hybridized carbons (Fsp3) is 0. The average Bonchev–Trinajstić information content (AvgIpc) is 3.99. The smallest absolute Gasteiger partial charge is 0.242 e. The molecule has 0 saturated carbocycles. The molecule has 61 heavy (non-hydrogen) atoms. The highest BCUT2D eigenvalue weighted by atomic mass is 15.0. The third kappa shape index (κ3) is 5.09. The van der Waals surface area contributed by atoms with E-state index in [1.807, 2.05) is 0 Å². The van der Waals surface area contributed by atoms with Crippen LogP contribution in [0.4, 0.5) is 0 Å². The maximum atomic E-state index is 5.53. The predicted octanol–water partition coefficient (Wildman–Crippen LogP) is 12.2. The Hall–Kier alpha value is -7.95. The molecule has 3 nitrogen and oxygen atoms in total. The molecule has 4 heterocycles.